The number of halogens is 1. The summed E-state index contributed by atoms with van der Waals surface area (Å²) in [5, 5.41) is 21.2. The molecule has 0 radical (unpaired) electrons. The summed E-state index contributed by atoms with van der Waals surface area (Å²) in [5.41, 5.74) is -0.763. The minimum Gasteiger partial charge on any atom is -0.444 e. The van der Waals surface area contributed by atoms with Crippen LogP contribution in [0.5, 0.6) is 0 Å². The smallest absolute Gasteiger partial charge is 0.411 e. The van der Waals surface area contributed by atoms with Gasteiger partial charge in [-0.2, -0.15) is 0 Å². The van der Waals surface area contributed by atoms with Crippen LogP contribution < -0.4 is 0 Å². The number of ether oxygens (including phenoxy) is 1. The summed E-state index contributed by atoms with van der Waals surface area (Å²) in [6.07, 6.45) is 2.06. The number of rotatable bonds is 4. The van der Waals surface area contributed by atoms with Gasteiger partial charge in [0, 0.05) is 24.2 Å². The van der Waals surface area contributed by atoms with Gasteiger partial charge in [-0.1, -0.05) is 17.4 Å². The molecule has 1 aliphatic carbocycles. The Morgan fingerprint density at radius 3 is 2.60 bits per heavy atom. The highest BCUT2D eigenvalue weighted by Gasteiger charge is 2.63. The molecule has 4 aliphatic rings. The van der Waals surface area contributed by atoms with Gasteiger partial charge in [0.2, 0.25) is 0 Å². The van der Waals surface area contributed by atoms with E-state index in [0.717, 1.165) is 38.8 Å². The van der Waals surface area contributed by atoms with Gasteiger partial charge in [0.25, 0.3) is 0 Å². The Balaban J connectivity index is 1.58. The third kappa shape index (κ3) is 3.77. The number of carbonyl (C=O) groups is 1. The molecule has 4 fully saturated rings. The number of aliphatic hydroxyl groups excluding tert-OH is 1. The van der Waals surface area contributed by atoms with Gasteiger partial charge in [-0.25, -0.2) is 9.18 Å². The Labute approximate surface area is 176 Å². The van der Waals surface area contributed by atoms with Crippen LogP contribution in [0.3, 0.4) is 0 Å². The fourth-order valence-corrected chi connectivity index (χ4v) is 5.06. The van der Waals surface area contributed by atoms with E-state index in [2.05, 4.69) is 10.3 Å². The molecule has 164 valence electrons. The Morgan fingerprint density at radius 2 is 1.97 bits per heavy atom. The fourth-order valence-electron chi connectivity index (χ4n) is 5.06. The SMILES string of the molecule is CC(C)(C)OC(=O)N1[C@H]([C@@H](O)c2cccc(N=NN3CCCC3)c2F)C2CC1(C)C2. The lowest BCUT2D eigenvalue weighted by molar-refractivity contribution is -0.00944. The van der Waals surface area contributed by atoms with Crippen molar-refractivity contribution >= 4 is 11.8 Å². The van der Waals surface area contributed by atoms with Crippen LogP contribution in [0.2, 0.25) is 0 Å². The zero-order valence-electron chi connectivity index (χ0n) is 18.1. The minimum absolute atomic E-state index is 0.0961. The molecule has 3 heterocycles. The normalized spacial score (nSPS) is 29.4. The average molecular weight is 419 g/mol. The van der Waals surface area contributed by atoms with Crippen LogP contribution in [0.4, 0.5) is 14.9 Å². The minimum atomic E-state index is -1.16. The van der Waals surface area contributed by atoms with Crippen molar-refractivity contribution in [2.45, 2.75) is 76.7 Å². The van der Waals surface area contributed by atoms with Gasteiger partial charge in [-0.15, -0.1) is 5.11 Å². The molecular formula is C22H31FN4O3. The van der Waals surface area contributed by atoms with E-state index in [1.807, 2.05) is 32.7 Å². The first-order valence-corrected chi connectivity index (χ1v) is 10.7. The van der Waals surface area contributed by atoms with Crippen molar-refractivity contribution in [3.8, 4) is 0 Å². The summed E-state index contributed by atoms with van der Waals surface area (Å²) in [6.45, 7) is 9.08. The topological polar surface area (TPSA) is 77.7 Å². The predicted octanol–water partition coefficient (Wildman–Crippen LogP) is 4.74. The van der Waals surface area contributed by atoms with Crippen LogP contribution in [0, 0.1) is 11.7 Å². The highest BCUT2D eigenvalue weighted by atomic mass is 19.1. The van der Waals surface area contributed by atoms with Gasteiger partial charge < -0.3 is 9.84 Å². The molecular weight excluding hydrogens is 387 g/mol. The van der Waals surface area contributed by atoms with E-state index >= 15 is 4.39 Å². The lowest BCUT2D eigenvalue weighted by Gasteiger charge is -2.39. The first-order chi connectivity index (χ1) is 14.1. The van der Waals surface area contributed by atoms with E-state index in [1.54, 1.807) is 23.1 Å². The summed E-state index contributed by atoms with van der Waals surface area (Å²) in [6, 6.07) is 4.25. The van der Waals surface area contributed by atoms with Gasteiger partial charge in [0.15, 0.2) is 5.82 Å². The summed E-state index contributed by atoms with van der Waals surface area (Å²) in [4.78, 5) is 14.5. The number of hydrogen-bond acceptors (Lipinski definition) is 5. The number of carbonyl (C=O) groups excluding carboxylic acids is 1. The molecule has 2 bridgehead atoms. The highest BCUT2D eigenvalue weighted by Crippen LogP contribution is 2.57. The van der Waals surface area contributed by atoms with Crippen LogP contribution in [-0.2, 0) is 4.74 Å². The summed E-state index contributed by atoms with van der Waals surface area (Å²) < 4.78 is 20.8. The zero-order chi connectivity index (χ0) is 21.7. The quantitative estimate of drug-likeness (QED) is 0.717. The van der Waals surface area contributed by atoms with Crippen molar-refractivity contribution in [1.29, 1.82) is 0 Å². The molecule has 1 aromatic rings. The molecule has 2 atom stereocenters. The maximum absolute atomic E-state index is 15.2. The van der Waals surface area contributed by atoms with Crippen molar-refractivity contribution in [2.75, 3.05) is 13.1 Å². The Hall–Kier alpha value is -2.22. The Morgan fingerprint density at radius 1 is 1.30 bits per heavy atom. The summed E-state index contributed by atoms with van der Waals surface area (Å²) in [5.74, 6) is -0.474. The van der Waals surface area contributed by atoms with Gasteiger partial charge in [0.05, 0.1) is 6.04 Å². The van der Waals surface area contributed by atoms with E-state index in [4.69, 9.17) is 4.74 Å². The monoisotopic (exact) mass is 418 g/mol. The van der Waals surface area contributed by atoms with Gasteiger partial charge >= 0.3 is 6.09 Å². The van der Waals surface area contributed by atoms with E-state index in [0.29, 0.717) is 0 Å². The maximum atomic E-state index is 15.2. The number of fused-ring (bicyclic) bond motifs is 1. The van der Waals surface area contributed by atoms with Crippen LogP contribution in [0.15, 0.2) is 28.5 Å². The Bertz CT molecular complexity index is 841. The second kappa shape index (κ2) is 7.48. The molecule has 3 aliphatic heterocycles. The van der Waals surface area contributed by atoms with Crippen LogP contribution in [-0.4, -0.2) is 51.4 Å². The van der Waals surface area contributed by atoms with Crippen LogP contribution in [0.1, 0.15) is 65.0 Å². The number of hydrogen-bond donors (Lipinski definition) is 1. The van der Waals surface area contributed by atoms with E-state index in [9.17, 15) is 9.90 Å². The van der Waals surface area contributed by atoms with Gasteiger partial charge in [-0.3, -0.25) is 9.91 Å². The van der Waals surface area contributed by atoms with E-state index in [1.165, 1.54) is 0 Å². The van der Waals surface area contributed by atoms with Crippen molar-refractivity contribution in [3.63, 3.8) is 0 Å². The maximum Gasteiger partial charge on any atom is 0.411 e. The second-order valence-corrected chi connectivity index (χ2v) is 9.98. The van der Waals surface area contributed by atoms with Crippen molar-refractivity contribution in [2.24, 2.45) is 16.3 Å². The average Bonchev–Trinajstić information content (AvgIpc) is 3.31. The second-order valence-electron chi connectivity index (χ2n) is 9.98. The summed E-state index contributed by atoms with van der Waals surface area (Å²) in [7, 11) is 0. The molecule has 0 aromatic heterocycles. The van der Waals surface area contributed by atoms with E-state index in [-0.39, 0.29) is 22.7 Å². The van der Waals surface area contributed by atoms with Crippen LogP contribution in [0.25, 0.3) is 0 Å². The van der Waals surface area contributed by atoms with E-state index < -0.39 is 29.7 Å². The number of nitrogens with zero attached hydrogens (tertiary/aromatic N) is 4. The summed E-state index contributed by atoms with van der Waals surface area (Å²) >= 11 is 0. The molecule has 1 amide bonds. The fraction of sp³-hybridized carbons (Fsp3) is 0.682. The largest absolute Gasteiger partial charge is 0.444 e. The Kier molecular flexibility index (Phi) is 5.24. The number of amides is 1. The molecule has 1 N–H and O–H groups in total. The molecule has 0 unspecified atom stereocenters. The standard InChI is InChI=1S/C22H31FN4O3/c1-21(2,3)30-20(29)27-18(14-12-22(27,4)13-14)19(28)15-8-7-9-16(17(15)23)24-25-26-10-5-6-11-26/h7-9,14,18-19,28H,5-6,10-13H2,1-4H3/t14?,18-,19-,22?/m0/s1. The van der Waals surface area contributed by atoms with Gasteiger partial charge in [-0.05, 0) is 65.4 Å². The van der Waals surface area contributed by atoms with Crippen molar-refractivity contribution < 1.29 is 19.0 Å². The lowest BCUT2D eigenvalue weighted by atomic mass is 9.72. The zero-order valence-corrected chi connectivity index (χ0v) is 18.1. The molecule has 5 rings (SSSR count). The molecule has 7 nitrogen and oxygen atoms in total. The molecule has 30 heavy (non-hydrogen) atoms. The third-order valence-corrected chi connectivity index (χ3v) is 6.37. The van der Waals surface area contributed by atoms with Crippen molar-refractivity contribution in [1.82, 2.24) is 9.91 Å². The molecule has 1 aromatic carbocycles. The number of aliphatic hydroxyl groups is 1. The number of benzene rings is 1. The lowest BCUT2D eigenvalue weighted by Crippen LogP contribution is -2.49. The molecule has 0 spiro atoms. The first-order valence-electron chi connectivity index (χ1n) is 10.7. The molecule has 3 saturated heterocycles. The molecule has 1 saturated carbocycles. The third-order valence-electron chi connectivity index (χ3n) is 6.37. The van der Waals surface area contributed by atoms with Crippen molar-refractivity contribution in [3.05, 3.63) is 29.6 Å². The highest BCUT2D eigenvalue weighted by molar-refractivity contribution is 5.71. The predicted molar refractivity (Wildman–Crippen MR) is 110 cm³/mol. The van der Waals surface area contributed by atoms with Gasteiger partial charge in [0.1, 0.15) is 17.4 Å². The molecule has 8 heteroatoms. The first kappa shape index (κ1) is 21.0. The van der Waals surface area contributed by atoms with Crippen LogP contribution >= 0.6 is 0 Å².